The average Bonchev–Trinajstić information content (AvgIpc) is 2.31. The van der Waals surface area contributed by atoms with Crippen LogP contribution < -0.4 is 15.0 Å². The number of hydrogen-bond acceptors (Lipinski definition) is 3. The zero-order chi connectivity index (χ0) is 10.5. The molecule has 5 heteroatoms. The lowest BCUT2D eigenvalue weighted by molar-refractivity contribution is 0.340. The van der Waals surface area contributed by atoms with Gasteiger partial charge in [0.15, 0.2) is 0 Å². The van der Waals surface area contributed by atoms with Gasteiger partial charge in [-0.2, -0.15) is 0 Å². The number of halogens is 2. The second-order valence-corrected chi connectivity index (χ2v) is 3.67. The predicted octanol–water partition coefficient (Wildman–Crippen LogP) is 2.34. The first-order chi connectivity index (χ1) is 7.40. The lowest BCUT2D eigenvalue weighted by Gasteiger charge is -2.29. The Balaban J connectivity index is 0.00000128. The second kappa shape index (κ2) is 8.45. The number of nitrogens with one attached hydrogen (secondary N) is 1. The quantitative estimate of drug-likeness (QED) is 0.919. The molecular formula is C12H20Cl2N2O. The molecule has 0 bridgehead atoms. The molecule has 1 aromatic carbocycles. The fraction of sp³-hybridized carbons (Fsp3) is 0.500. The van der Waals surface area contributed by atoms with Crippen molar-refractivity contribution >= 4 is 30.5 Å². The third-order valence-electron chi connectivity index (χ3n) is 2.61. The maximum atomic E-state index is 5.50. The van der Waals surface area contributed by atoms with Crippen LogP contribution in [0.4, 0.5) is 5.69 Å². The topological polar surface area (TPSA) is 24.5 Å². The van der Waals surface area contributed by atoms with Crippen molar-refractivity contribution in [1.82, 2.24) is 5.32 Å². The summed E-state index contributed by atoms with van der Waals surface area (Å²) in [6.07, 6.45) is 0. The van der Waals surface area contributed by atoms with E-state index in [9.17, 15) is 0 Å². The molecule has 0 saturated carbocycles. The van der Waals surface area contributed by atoms with Crippen molar-refractivity contribution in [2.75, 3.05) is 37.7 Å². The van der Waals surface area contributed by atoms with E-state index in [1.54, 1.807) is 0 Å². The predicted molar refractivity (Wildman–Crippen MR) is 77.2 cm³/mol. The zero-order valence-corrected chi connectivity index (χ0v) is 11.6. The number of anilines is 1. The van der Waals surface area contributed by atoms with Gasteiger partial charge in [-0.25, -0.2) is 0 Å². The van der Waals surface area contributed by atoms with Crippen molar-refractivity contribution in [3.8, 4) is 5.75 Å². The van der Waals surface area contributed by atoms with Crippen LogP contribution in [0.25, 0.3) is 0 Å². The van der Waals surface area contributed by atoms with Crippen molar-refractivity contribution in [2.45, 2.75) is 6.92 Å². The minimum absolute atomic E-state index is 0. The van der Waals surface area contributed by atoms with Crippen LogP contribution in [0.1, 0.15) is 6.92 Å². The van der Waals surface area contributed by atoms with Crippen LogP contribution in [0.5, 0.6) is 5.75 Å². The fourth-order valence-electron chi connectivity index (χ4n) is 1.86. The van der Waals surface area contributed by atoms with Crippen molar-refractivity contribution in [3.05, 3.63) is 24.3 Å². The molecular weight excluding hydrogens is 259 g/mol. The molecule has 1 aliphatic rings. The summed E-state index contributed by atoms with van der Waals surface area (Å²) >= 11 is 0. The van der Waals surface area contributed by atoms with Crippen molar-refractivity contribution in [2.24, 2.45) is 0 Å². The van der Waals surface area contributed by atoms with Gasteiger partial charge in [0.05, 0.1) is 6.61 Å². The summed E-state index contributed by atoms with van der Waals surface area (Å²) in [7, 11) is 0. The van der Waals surface area contributed by atoms with E-state index in [1.807, 2.05) is 13.0 Å². The molecule has 1 fully saturated rings. The molecule has 0 radical (unpaired) electrons. The largest absolute Gasteiger partial charge is 0.494 e. The van der Waals surface area contributed by atoms with Crippen molar-refractivity contribution < 1.29 is 4.74 Å². The molecule has 0 spiro atoms. The van der Waals surface area contributed by atoms with Gasteiger partial charge in [0.25, 0.3) is 0 Å². The van der Waals surface area contributed by atoms with Gasteiger partial charge < -0.3 is 15.0 Å². The second-order valence-electron chi connectivity index (χ2n) is 3.67. The Kier molecular flexibility index (Phi) is 8.13. The van der Waals surface area contributed by atoms with Gasteiger partial charge in [0.2, 0.25) is 0 Å². The van der Waals surface area contributed by atoms with E-state index < -0.39 is 0 Å². The standard InChI is InChI=1S/C12H18N2O.2ClH/c1-2-15-12-5-3-4-11(10-12)14-8-6-13-7-9-14;;/h3-5,10,13H,2,6-9H2,1H3;2*1H. The summed E-state index contributed by atoms with van der Waals surface area (Å²) in [6.45, 7) is 7.03. The molecule has 0 aliphatic carbocycles. The van der Waals surface area contributed by atoms with Gasteiger partial charge in [-0.3, -0.25) is 0 Å². The van der Waals surface area contributed by atoms with Gasteiger partial charge in [-0.05, 0) is 19.1 Å². The van der Waals surface area contributed by atoms with Crippen molar-refractivity contribution in [1.29, 1.82) is 0 Å². The first kappa shape index (κ1) is 16.4. The van der Waals surface area contributed by atoms with E-state index in [0.717, 1.165) is 38.5 Å². The summed E-state index contributed by atoms with van der Waals surface area (Å²) in [4.78, 5) is 2.39. The third kappa shape index (κ3) is 4.62. The van der Waals surface area contributed by atoms with Gasteiger partial charge >= 0.3 is 0 Å². The summed E-state index contributed by atoms with van der Waals surface area (Å²) in [5.74, 6) is 0.966. The van der Waals surface area contributed by atoms with Crippen molar-refractivity contribution in [3.63, 3.8) is 0 Å². The van der Waals surface area contributed by atoms with E-state index in [-0.39, 0.29) is 24.8 Å². The van der Waals surface area contributed by atoms with Crippen LogP contribution in [-0.4, -0.2) is 32.8 Å². The Morgan fingerprint density at radius 2 is 1.94 bits per heavy atom. The molecule has 1 N–H and O–H groups in total. The van der Waals surface area contributed by atoms with Crippen LogP contribution in [-0.2, 0) is 0 Å². The summed E-state index contributed by atoms with van der Waals surface area (Å²) in [6, 6.07) is 8.33. The fourth-order valence-corrected chi connectivity index (χ4v) is 1.86. The Labute approximate surface area is 115 Å². The van der Waals surface area contributed by atoms with Crippen LogP contribution in [0.3, 0.4) is 0 Å². The van der Waals surface area contributed by atoms with Crippen LogP contribution >= 0.6 is 24.8 Å². The summed E-state index contributed by atoms with van der Waals surface area (Å²) < 4.78 is 5.50. The van der Waals surface area contributed by atoms with Crippen LogP contribution in [0.15, 0.2) is 24.3 Å². The van der Waals surface area contributed by atoms with E-state index in [0.29, 0.717) is 0 Å². The molecule has 1 saturated heterocycles. The molecule has 0 unspecified atom stereocenters. The first-order valence-corrected chi connectivity index (χ1v) is 5.58. The number of ether oxygens (including phenoxy) is 1. The molecule has 1 aromatic rings. The van der Waals surface area contributed by atoms with E-state index in [4.69, 9.17) is 4.74 Å². The molecule has 2 rings (SSSR count). The molecule has 98 valence electrons. The van der Waals surface area contributed by atoms with E-state index in [2.05, 4.69) is 28.4 Å². The third-order valence-corrected chi connectivity index (χ3v) is 2.61. The Bertz CT molecular complexity index is 317. The van der Waals surface area contributed by atoms with Gasteiger partial charge in [0.1, 0.15) is 5.75 Å². The summed E-state index contributed by atoms with van der Waals surface area (Å²) in [5.41, 5.74) is 1.27. The van der Waals surface area contributed by atoms with E-state index in [1.165, 1.54) is 5.69 Å². The Morgan fingerprint density at radius 3 is 2.59 bits per heavy atom. The molecule has 0 amide bonds. The highest BCUT2D eigenvalue weighted by Crippen LogP contribution is 2.21. The van der Waals surface area contributed by atoms with Crippen LogP contribution in [0, 0.1) is 0 Å². The number of nitrogens with zero attached hydrogens (tertiary/aromatic N) is 1. The minimum atomic E-state index is 0. The Morgan fingerprint density at radius 1 is 1.24 bits per heavy atom. The monoisotopic (exact) mass is 278 g/mol. The van der Waals surface area contributed by atoms with E-state index >= 15 is 0 Å². The molecule has 1 heterocycles. The molecule has 0 aromatic heterocycles. The molecule has 1 aliphatic heterocycles. The highest BCUT2D eigenvalue weighted by Gasteiger charge is 2.10. The smallest absolute Gasteiger partial charge is 0.121 e. The number of hydrogen-bond donors (Lipinski definition) is 1. The van der Waals surface area contributed by atoms with Gasteiger partial charge in [0, 0.05) is 37.9 Å². The first-order valence-electron chi connectivity index (χ1n) is 5.58. The van der Waals surface area contributed by atoms with Gasteiger partial charge in [-0.15, -0.1) is 24.8 Å². The average molecular weight is 279 g/mol. The van der Waals surface area contributed by atoms with Crippen LogP contribution in [0.2, 0.25) is 0 Å². The zero-order valence-electron chi connectivity index (χ0n) is 10.0. The SMILES string of the molecule is CCOc1cccc(N2CCNCC2)c1.Cl.Cl. The lowest BCUT2D eigenvalue weighted by atomic mass is 10.2. The number of rotatable bonds is 3. The number of benzene rings is 1. The maximum Gasteiger partial charge on any atom is 0.121 e. The highest BCUT2D eigenvalue weighted by molar-refractivity contribution is 5.85. The normalized spacial score (nSPS) is 14.5. The number of piperazine rings is 1. The van der Waals surface area contributed by atoms with Gasteiger partial charge in [-0.1, -0.05) is 6.07 Å². The molecule has 3 nitrogen and oxygen atoms in total. The highest BCUT2D eigenvalue weighted by atomic mass is 35.5. The Hall–Kier alpha value is -0.640. The molecule has 17 heavy (non-hydrogen) atoms. The maximum absolute atomic E-state index is 5.50. The summed E-state index contributed by atoms with van der Waals surface area (Å²) in [5, 5.41) is 3.35. The minimum Gasteiger partial charge on any atom is -0.494 e. The lowest BCUT2D eigenvalue weighted by Crippen LogP contribution is -2.43. The molecule has 0 atom stereocenters.